The minimum atomic E-state index is -0.414. The summed E-state index contributed by atoms with van der Waals surface area (Å²) in [6.07, 6.45) is 1.09. The smallest absolute Gasteiger partial charge is 0.219 e. The maximum atomic E-state index is 12.7. The van der Waals surface area contributed by atoms with Crippen molar-refractivity contribution >= 4 is 11.6 Å². The number of benzene rings is 1. The van der Waals surface area contributed by atoms with Crippen molar-refractivity contribution in [1.29, 1.82) is 0 Å². The molecule has 0 spiro atoms. The summed E-state index contributed by atoms with van der Waals surface area (Å²) in [5, 5.41) is 0.534. The molecule has 0 saturated carbocycles. The van der Waals surface area contributed by atoms with Gasteiger partial charge in [-0.05, 0) is 18.2 Å². The van der Waals surface area contributed by atoms with Gasteiger partial charge in [0.15, 0.2) is 0 Å². The number of halogens is 2. The molecule has 3 nitrogen and oxygen atoms in total. The van der Waals surface area contributed by atoms with E-state index in [0.29, 0.717) is 22.2 Å². The molecule has 0 saturated heterocycles. The van der Waals surface area contributed by atoms with Gasteiger partial charge in [-0.2, -0.15) is 0 Å². The molecule has 17 heavy (non-hydrogen) atoms. The number of pyridine rings is 1. The van der Waals surface area contributed by atoms with Crippen molar-refractivity contribution in [2.45, 2.75) is 6.54 Å². The third-order valence-corrected chi connectivity index (χ3v) is 2.55. The van der Waals surface area contributed by atoms with Gasteiger partial charge >= 0.3 is 0 Å². The molecule has 5 heteroatoms. The maximum absolute atomic E-state index is 12.7. The average molecular weight is 253 g/mol. The van der Waals surface area contributed by atoms with E-state index in [1.807, 2.05) is 0 Å². The Morgan fingerprint density at radius 1 is 1.29 bits per heavy atom. The SMILES string of the molecule is NCc1c(Cl)cccc1Oc1ccc(F)cn1. The fourth-order valence-electron chi connectivity index (χ4n) is 1.37. The van der Waals surface area contributed by atoms with Crippen LogP contribution < -0.4 is 10.5 Å². The number of hydrogen-bond donors (Lipinski definition) is 1. The normalized spacial score (nSPS) is 10.3. The predicted octanol–water partition coefficient (Wildman–Crippen LogP) is 3.13. The third kappa shape index (κ3) is 2.72. The Morgan fingerprint density at radius 2 is 2.12 bits per heavy atom. The average Bonchev–Trinajstić information content (AvgIpc) is 2.32. The van der Waals surface area contributed by atoms with Crippen molar-refractivity contribution in [3.8, 4) is 11.6 Å². The highest BCUT2D eigenvalue weighted by Crippen LogP contribution is 2.29. The molecule has 0 fully saturated rings. The van der Waals surface area contributed by atoms with Gasteiger partial charge in [0.25, 0.3) is 0 Å². The Balaban J connectivity index is 2.29. The van der Waals surface area contributed by atoms with E-state index in [2.05, 4.69) is 4.98 Å². The van der Waals surface area contributed by atoms with Crippen LogP contribution in [-0.2, 0) is 6.54 Å². The van der Waals surface area contributed by atoms with Crippen LogP contribution in [0, 0.1) is 5.82 Å². The molecule has 0 aliphatic rings. The molecule has 2 rings (SSSR count). The summed E-state index contributed by atoms with van der Waals surface area (Å²) in [6, 6.07) is 7.93. The zero-order valence-electron chi connectivity index (χ0n) is 8.86. The van der Waals surface area contributed by atoms with E-state index in [9.17, 15) is 4.39 Å². The molecule has 0 bridgehead atoms. The second-order valence-electron chi connectivity index (χ2n) is 3.34. The lowest BCUT2D eigenvalue weighted by molar-refractivity contribution is 0.454. The number of aromatic nitrogens is 1. The van der Waals surface area contributed by atoms with Crippen LogP contribution in [0.2, 0.25) is 5.02 Å². The van der Waals surface area contributed by atoms with Gasteiger partial charge < -0.3 is 10.5 Å². The number of rotatable bonds is 3. The minimum Gasteiger partial charge on any atom is -0.439 e. The summed E-state index contributed by atoms with van der Waals surface area (Å²) in [5.41, 5.74) is 6.28. The molecule has 2 aromatic rings. The highest BCUT2D eigenvalue weighted by atomic mass is 35.5. The van der Waals surface area contributed by atoms with Crippen molar-refractivity contribution in [3.63, 3.8) is 0 Å². The summed E-state index contributed by atoms with van der Waals surface area (Å²) >= 11 is 5.98. The van der Waals surface area contributed by atoms with E-state index in [1.165, 1.54) is 12.1 Å². The lowest BCUT2D eigenvalue weighted by Crippen LogP contribution is -2.00. The van der Waals surface area contributed by atoms with E-state index in [0.717, 1.165) is 6.20 Å². The van der Waals surface area contributed by atoms with Crippen LogP contribution in [-0.4, -0.2) is 4.98 Å². The first-order valence-electron chi connectivity index (χ1n) is 4.97. The molecule has 88 valence electrons. The number of nitrogens with two attached hydrogens (primary N) is 1. The van der Waals surface area contributed by atoms with E-state index >= 15 is 0 Å². The Labute approximate surface area is 103 Å². The molecule has 0 aliphatic carbocycles. The molecule has 1 aromatic heterocycles. The molecular weight excluding hydrogens is 243 g/mol. The van der Waals surface area contributed by atoms with Crippen molar-refractivity contribution in [2.24, 2.45) is 5.73 Å². The highest BCUT2D eigenvalue weighted by molar-refractivity contribution is 6.31. The van der Waals surface area contributed by atoms with Crippen LogP contribution in [0.1, 0.15) is 5.56 Å². The summed E-state index contributed by atoms with van der Waals surface area (Å²) in [6.45, 7) is 0.260. The first-order valence-corrected chi connectivity index (χ1v) is 5.35. The van der Waals surface area contributed by atoms with Crippen molar-refractivity contribution < 1.29 is 9.13 Å². The van der Waals surface area contributed by atoms with Crippen LogP contribution >= 0.6 is 11.6 Å². The van der Waals surface area contributed by atoms with Gasteiger partial charge in [-0.25, -0.2) is 9.37 Å². The fourth-order valence-corrected chi connectivity index (χ4v) is 1.61. The van der Waals surface area contributed by atoms with Crippen LogP contribution in [0.25, 0.3) is 0 Å². The molecule has 0 atom stereocenters. The van der Waals surface area contributed by atoms with Crippen molar-refractivity contribution in [1.82, 2.24) is 4.98 Å². The maximum Gasteiger partial charge on any atom is 0.219 e. The zero-order chi connectivity index (χ0) is 12.3. The molecule has 1 aromatic carbocycles. The number of hydrogen-bond acceptors (Lipinski definition) is 3. The fraction of sp³-hybridized carbons (Fsp3) is 0.0833. The minimum absolute atomic E-state index is 0.260. The summed E-state index contributed by atoms with van der Waals surface area (Å²) in [4.78, 5) is 3.80. The molecule has 0 unspecified atom stereocenters. The van der Waals surface area contributed by atoms with Gasteiger partial charge in [0.1, 0.15) is 11.6 Å². The molecule has 2 N–H and O–H groups in total. The van der Waals surface area contributed by atoms with Gasteiger partial charge in [-0.3, -0.25) is 0 Å². The van der Waals surface area contributed by atoms with Gasteiger partial charge in [0.05, 0.1) is 6.20 Å². The van der Waals surface area contributed by atoms with Gasteiger partial charge in [-0.1, -0.05) is 17.7 Å². The van der Waals surface area contributed by atoms with Gasteiger partial charge in [0, 0.05) is 23.2 Å². The number of nitrogens with zero attached hydrogens (tertiary/aromatic N) is 1. The monoisotopic (exact) mass is 252 g/mol. The Morgan fingerprint density at radius 3 is 2.76 bits per heavy atom. The quantitative estimate of drug-likeness (QED) is 0.913. The van der Waals surface area contributed by atoms with Gasteiger partial charge in [0.2, 0.25) is 5.88 Å². The largest absolute Gasteiger partial charge is 0.439 e. The topological polar surface area (TPSA) is 48.1 Å². The lowest BCUT2D eigenvalue weighted by atomic mass is 10.2. The number of ether oxygens (including phenoxy) is 1. The molecule has 1 heterocycles. The Kier molecular flexibility index (Phi) is 3.56. The van der Waals surface area contributed by atoms with Crippen LogP contribution in [0.5, 0.6) is 11.6 Å². The van der Waals surface area contributed by atoms with Crippen LogP contribution in [0.15, 0.2) is 36.5 Å². The predicted molar refractivity (Wildman–Crippen MR) is 63.6 cm³/mol. The Hall–Kier alpha value is -1.65. The van der Waals surface area contributed by atoms with Crippen LogP contribution in [0.3, 0.4) is 0 Å². The zero-order valence-corrected chi connectivity index (χ0v) is 9.62. The molecular formula is C12H10ClFN2O. The second-order valence-corrected chi connectivity index (χ2v) is 3.74. The first-order chi connectivity index (χ1) is 8.20. The molecule has 0 amide bonds. The lowest BCUT2D eigenvalue weighted by Gasteiger charge is -2.10. The highest BCUT2D eigenvalue weighted by Gasteiger charge is 2.08. The van der Waals surface area contributed by atoms with E-state index in [4.69, 9.17) is 22.1 Å². The van der Waals surface area contributed by atoms with E-state index < -0.39 is 5.82 Å². The standard InChI is InChI=1S/C12H10ClFN2O/c13-10-2-1-3-11(9(10)6-15)17-12-5-4-8(14)7-16-12/h1-5,7H,6,15H2. The van der Waals surface area contributed by atoms with Crippen LogP contribution in [0.4, 0.5) is 4.39 Å². The van der Waals surface area contributed by atoms with Crippen molar-refractivity contribution in [2.75, 3.05) is 0 Å². The summed E-state index contributed by atoms with van der Waals surface area (Å²) in [5.74, 6) is 0.407. The second kappa shape index (κ2) is 5.12. The first kappa shape index (κ1) is 11.8. The molecule has 0 aliphatic heterocycles. The third-order valence-electron chi connectivity index (χ3n) is 2.19. The van der Waals surface area contributed by atoms with Crippen molar-refractivity contribution in [3.05, 3.63) is 52.9 Å². The van der Waals surface area contributed by atoms with Gasteiger partial charge in [-0.15, -0.1) is 0 Å². The Bertz CT molecular complexity index is 516. The van der Waals surface area contributed by atoms with E-state index in [1.54, 1.807) is 18.2 Å². The summed E-state index contributed by atoms with van der Waals surface area (Å²) in [7, 11) is 0. The molecule has 0 radical (unpaired) electrons. The summed E-state index contributed by atoms with van der Waals surface area (Å²) < 4.78 is 18.2. The van der Waals surface area contributed by atoms with E-state index in [-0.39, 0.29) is 6.54 Å².